The average molecular weight is 414 g/mol. The molecule has 0 aromatic heterocycles. The van der Waals surface area contributed by atoms with Crippen molar-refractivity contribution in [1.29, 1.82) is 0 Å². The molecule has 3 saturated carbocycles. The summed E-state index contributed by atoms with van der Waals surface area (Å²) in [5, 5.41) is 9.50. The van der Waals surface area contributed by atoms with Gasteiger partial charge in [0.1, 0.15) is 6.10 Å². The number of hydrogen-bond acceptors (Lipinski definition) is 3. The standard InChI is InChI=1S/C21H36ClN3O3/c1-14-7-10-17(24-20(26)23-16-5-3-2-4-6-16)13-19(14)25-21(27)28-18-11-8-15(22)9-12-18/h14-19H,2-13H2,1H3,(H,25,27)(H2,23,24,26). The Balaban J connectivity index is 1.40. The van der Waals surface area contributed by atoms with Crippen LogP contribution in [0.4, 0.5) is 9.59 Å². The third-order valence-corrected chi connectivity index (χ3v) is 7.09. The number of ether oxygens (including phenoxy) is 1. The predicted octanol–water partition coefficient (Wildman–Crippen LogP) is 4.45. The molecule has 3 aliphatic carbocycles. The zero-order chi connectivity index (χ0) is 19.9. The highest BCUT2D eigenvalue weighted by atomic mass is 35.5. The summed E-state index contributed by atoms with van der Waals surface area (Å²) in [7, 11) is 0. The number of hydrogen-bond donors (Lipinski definition) is 3. The van der Waals surface area contributed by atoms with Gasteiger partial charge in [-0.1, -0.05) is 26.2 Å². The number of rotatable bonds is 4. The van der Waals surface area contributed by atoms with Crippen molar-refractivity contribution >= 4 is 23.7 Å². The van der Waals surface area contributed by atoms with E-state index in [-0.39, 0.29) is 35.7 Å². The molecule has 6 nitrogen and oxygen atoms in total. The second-order valence-corrected chi connectivity index (χ2v) is 9.59. The van der Waals surface area contributed by atoms with Crippen LogP contribution >= 0.6 is 11.6 Å². The average Bonchev–Trinajstić information content (AvgIpc) is 2.67. The van der Waals surface area contributed by atoms with E-state index in [1.165, 1.54) is 19.3 Å². The minimum atomic E-state index is -0.331. The monoisotopic (exact) mass is 413 g/mol. The van der Waals surface area contributed by atoms with Gasteiger partial charge < -0.3 is 20.7 Å². The van der Waals surface area contributed by atoms with E-state index in [4.69, 9.17) is 16.3 Å². The van der Waals surface area contributed by atoms with E-state index in [1.54, 1.807) is 0 Å². The first-order valence-electron chi connectivity index (χ1n) is 11.2. The van der Waals surface area contributed by atoms with Crippen LogP contribution in [0.15, 0.2) is 0 Å². The van der Waals surface area contributed by atoms with E-state index in [9.17, 15) is 9.59 Å². The van der Waals surface area contributed by atoms with Gasteiger partial charge in [0.2, 0.25) is 0 Å². The highest BCUT2D eigenvalue weighted by molar-refractivity contribution is 6.20. The molecular formula is C21H36ClN3O3. The minimum Gasteiger partial charge on any atom is -0.446 e. The number of carbonyl (C=O) groups excluding carboxylic acids is 2. The van der Waals surface area contributed by atoms with Gasteiger partial charge in [-0.3, -0.25) is 0 Å². The lowest BCUT2D eigenvalue weighted by Crippen LogP contribution is -2.52. The summed E-state index contributed by atoms with van der Waals surface area (Å²) < 4.78 is 5.60. The summed E-state index contributed by atoms with van der Waals surface area (Å²) in [6.45, 7) is 2.15. The number of carbonyl (C=O) groups is 2. The van der Waals surface area contributed by atoms with Crippen LogP contribution in [-0.4, -0.2) is 41.7 Å². The lowest BCUT2D eigenvalue weighted by molar-refractivity contribution is 0.0689. The Morgan fingerprint density at radius 3 is 2.21 bits per heavy atom. The maximum atomic E-state index is 12.3. The summed E-state index contributed by atoms with van der Waals surface area (Å²) in [6, 6.07) is 0.372. The van der Waals surface area contributed by atoms with Gasteiger partial charge in [-0.25, -0.2) is 9.59 Å². The maximum Gasteiger partial charge on any atom is 0.407 e. The van der Waals surface area contributed by atoms with Crippen LogP contribution in [0.2, 0.25) is 0 Å². The van der Waals surface area contributed by atoms with Crippen LogP contribution in [0.5, 0.6) is 0 Å². The molecule has 0 bridgehead atoms. The second-order valence-electron chi connectivity index (χ2n) is 8.97. The molecule has 3 N–H and O–H groups in total. The van der Waals surface area contributed by atoms with E-state index < -0.39 is 0 Å². The molecule has 7 heteroatoms. The molecule has 0 aromatic carbocycles. The molecule has 0 aliphatic heterocycles. The molecule has 0 heterocycles. The van der Waals surface area contributed by atoms with E-state index in [0.717, 1.165) is 57.8 Å². The first kappa shape index (κ1) is 21.5. The quantitative estimate of drug-likeness (QED) is 0.595. The van der Waals surface area contributed by atoms with Crippen LogP contribution in [0.3, 0.4) is 0 Å². The smallest absolute Gasteiger partial charge is 0.407 e. The number of alkyl carbamates (subject to hydrolysis) is 1. The number of amides is 3. The molecule has 0 spiro atoms. The van der Waals surface area contributed by atoms with E-state index >= 15 is 0 Å². The first-order chi connectivity index (χ1) is 13.5. The zero-order valence-electron chi connectivity index (χ0n) is 17.1. The number of urea groups is 1. The van der Waals surface area contributed by atoms with Crippen LogP contribution < -0.4 is 16.0 Å². The van der Waals surface area contributed by atoms with Crippen molar-refractivity contribution in [3.05, 3.63) is 0 Å². The zero-order valence-corrected chi connectivity index (χ0v) is 17.8. The molecular weight excluding hydrogens is 378 g/mol. The summed E-state index contributed by atoms with van der Waals surface area (Å²) >= 11 is 6.12. The topological polar surface area (TPSA) is 79.5 Å². The van der Waals surface area contributed by atoms with Gasteiger partial charge in [0.15, 0.2) is 0 Å². The Morgan fingerprint density at radius 2 is 1.50 bits per heavy atom. The molecule has 3 atom stereocenters. The third-order valence-electron chi connectivity index (χ3n) is 6.65. The van der Waals surface area contributed by atoms with Crippen molar-refractivity contribution in [2.24, 2.45) is 5.92 Å². The van der Waals surface area contributed by atoms with Crippen LogP contribution in [0, 0.1) is 5.92 Å². The van der Waals surface area contributed by atoms with Gasteiger partial charge in [0.05, 0.1) is 0 Å². The van der Waals surface area contributed by atoms with E-state index in [2.05, 4.69) is 22.9 Å². The predicted molar refractivity (Wildman–Crippen MR) is 111 cm³/mol. The fourth-order valence-electron chi connectivity index (χ4n) is 4.79. The Kier molecular flexibility index (Phi) is 8.12. The van der Waals surface area contributed by atoms with Crippen LogP contribution in [0.1, 0.15) is 84.0 Å². The molecule has 0 aromatic rings. The number of nitrogens with one attached hydrogen (secondary N) is 3. The lowest BCUT2D eigenvalue weighted by Gasteiger charge is -2.36. The lowest BCUT2D eigenvalue weighted by atomic mass is 9.83. The first-order valence-corrected chi connectivity index (χ1v) is 11.6. The van der Waals surface area contributed by atoms with Gasteiger partial charge in [-0.05, 0) is 63.7 Å². The molecule has 3 fully saturated rings. The Morgan fingerprint density at radius 1 is 0.821 bits per heavy atom. The second kappa shape index (κ2) is 10.6. The minimum absolute atomic E-state index is 0.0240. The van der Waals surface area contributed by atoms with Crippen LogP contribution in [0.25, 0.3) is 0 Å². The van der Waals surface area contributed by atoms with E-state index in [1.807, 2.05) is 0 Å². The SMILES string of the molecule is CC1CCC(NC(=O)NC2CCCCC2)CC1NC(=O)OC1CCC(Cl)CC1. The van der Waals surface area contributed by atoms with Crippen molar-refractivity contribution in [2.75, 3.05) is 0 Å². The van der Waals surface area contributed by atoms with Crippen LogP contribution in [-0.2, 0) is 4.74 Å². The number of alkyl halides is 1. The van der Waals surface area contributed by atoms with E-state index in [0.29, 0.717) is 12.0 Å². The van der Waals surface area contributed by atoms with Crippen molar-refractivity contribution in [1.82, 2.24) is 16.0 Å². The van der Waals surface area contributed by atoms with Crippen molar-refractivity contribution in [2.45, 2.75) is 114 Å². The summed E-state index contributed by atoms with van der Waals surface area (Å²) in [5.41, 5.74) is 0. The van der Waals surface area contributed by atoms with Crippen molar-refractivity contribution < 1.29 is 14.3 Å². The highest BCUT2D eigenvalue weighted by Crippen LogP contribution is 2.27. The molecule has 160 valence electrons. The number of halogens is 1. The van der Waals surface area contributed by atoms with Crippen molar-refractivity contribution in [3.63, 3.8) is 0 Å². The summed E-state index contributed by atoms with van der Waals surface area (Å²) in [4.78, 5) is 24.7. The maximum absolute atomic E-state index is 12.3. The molecule has 0 saturated heterocycles. The molecule has 28 heavy (non-hydrogen) atoms. The third kappa shape index (κ3) is 6.71. The molecule has 3 unspecified atom stereocenters. The molecule has 0 radical (unpaired) electrons. The Hall–Kier alpha value is -1.17. The van der Waals surface area contributed by atoms with Gasteiger partial charge in [0, 0.05) is 23.5 Å². The molecule has 3 rings (SSSR count). The molecule has 3 amide bonds. The van der Waals surface area contributed by atoms with Gasteiger partial charge >= 0.3 is 12.1 Å². The fraction of sp³-hybridized carbons (Fsp3) is 0.905. The Labute approximate surface area is 173 Å². The van der Waals surface area contributed by atoms with Gasteiger partial charge in [-0.2, -0.15) is 0 Å². The summed E-state index contributed by atoms with van der Waals surface area (Å²) in [5.74, 6) is 0.380. The largest absolute Gasteiger partial charge is 0.446 e. The highest BCUT2D eigenvalue weighted by Gasteiger charge is 2.31. The van der Waals surface area contributed by atoms with Gasteiger partial charge in [-0.15, -0.1) is 11.6 Å². The normalized spacial score (nSPS) is 34.3. The fourth-order valence-corrected chi connectivity index (χ4v) is 5.04. The van der Waals surface area contributed by atoms with Crippen molar-refractivity contribution in [3.8, 4) is 0 Å². The Bertz CT molecular complexity index is 519. The molecule has 3 aliphatic rings. The van der Waals surface area contributed by atoms with Gasteiger partial charge in [0.25, 0.3) is 0 Å². The summed E-state index contributed by atoms with van der Waals surface area (Å²) in [6.07, 6.45) is 11.7.